The zero-order chi connectivity index (χ0) is 13.5. The quantitative estimate of drug-likeness (QED) is 0.535. The molecular formula is C13H17NO4. The maximum atomic E-state index is 11.6. The van der Waals surface area contributed by atoms with Gasteiger partial charge in [-0.3, -0.25) is 4.79 Å². The third-order valence-electron chi connectivity index (χ3n) is 2.52. The molecule has 0 unspecified atom stereocenters. The summed E-state index contributed by atoms with van der Waals surface area (Å²) >= 11 is 0. The van der Waals surface area contributed by atoms with E-state index in [4.69, 9.17) is 5.11 Å². The van der Waals surface area contributed by atoms with Crippen LogP contribution in [0.4, 0.5) is 5.69 Å². The highest BCUT2D eigenvalue weighted by atomic mass is 16.4. The first-order valence-corrected chi connectivity index (χ1v) is 5.90. The van der Waals surface area contributed by atoms with E-state index in [1.54, 1.807) is 0 Å². The van der Waals surface area contributed by atoms with E-state index in [0.29, 0.717) is 6.42 Å². The number of hydrogen-bond donors (Lipinski definition) is 3. The summed E-state index contributed by atoms with van der Waals surface area (Å²) < 4.78 is 0. The van der Waals surface area contributed by atoms with Crippen LogP contribution in [-0.2, 0) is 4.79 Å². The Morgan fingerprint density at radius 2 is 2.00 bits per heavy atom. The molecule has 0 heterocycles. The average Bonchev–Trinajstić information content (AvgIpc) is 2.31. The minimum Gasteiger partial charge on any atom is -0.508 e. The minimum atomic E-state index is -1.19. The van der Waals surface area contributed by atoms with Crippen LogP contribution in [0.5, 0.6) is 5.75 Å². The summed E-state index contributed by atoms with van der Waals surface area (Å²) in [5, 5.41) is 20.7. The number of nitrogens with one attached hydrogen (secondary N) is 1. The Morgan fingerprint density at radius 1 is 1.28 bits per heavy atom. The van der Waals surface area contributed by atoms with Crippen LogP contribution in [0.3, 0.4) is 0 Å². The van der Waals surface area contributed by atoms with Crippen molar-refractivity contribution in [3.05, 3.63) is 23.8 Å². The van der Waals surface area contributed by atoms with Crippen LogP contribution in [0.1, 0.15) is 43.0 Å². The number of rotatable bonds is 6. The van der Waals surface area contributed by atoms with Crippen LogP contribution >= 0.6 is 0 Å². The van der Waals surface area contributed by atoms with Gasteiger partial charge in [0.25, 0.3) is 0 Å². The molecule has 0 radical (unpaired) electrons. The van der Waals surface area contributed by atoms with E-state index in [-0.39, 0.29) is 22.9 Å². The van der Waals surface area contributed by atoms with Crippen LogP contribution in [0.2, 0.25) is 0 Å². The van der Waals surface area contributed by atoms with Gasteiger partial charge in [0.1, 0.15) is 5.75 Å². The third kappa shape index (κ3) is 4.08. The summed E-state index contributed by atoms with van der Waals surface area (Å²) in [5.74, 6) is -1.54. The van der Waals surface area contributed by atoms with Gasteiger partial charge in [-0.1, -0.05) is 19.8 Å². The first-order chi connectivity index (χ1) is 8.54. The molecule has 1 aromatic rings. The van der Waals surface area contributed by atoms with Gasteiger partial charge in [-0.2, -0.15) is 0 Å². The number of carboxylic acid groups (broad SMARTS) is 1. The van der Waals surface area contributed by atoms with Gasteiger partial charge in [0.15, 0.2) is 0 Å². The molecule has 0 aliphatic heterocycles. The standard InChI is InChI=1S/C13H17NO4/c1-2-3-4-5-12(16)14-11-7-6-9(15)8-10(11)13(17)18/h6-8,15H,2-5H2,1H3,(H,14,16)(H,17,18). The topological polar surface area (TPSA) is 86.6 Å². The van der Waals surface area contributed by atoms with E-state index in [9.17, 15) is 14.7 Å². The van der Waals surface area contributed by atoms with Gasteiger partial charge in [0.05, 0.1) is 11.3 Å². The number of amides is 1. The number of carboxylic acids is 1. The summed E-state index contributed by atoms with van der Waals surface area (Å²) in [6.07, 6.45) is 3.14. The summed E-state index contributed by atoms with van der Waals surface area (Å²) in [6, 6.07) is 3.84. The molecule has 1 aromatic carbocycles. The van der Waals surface area contributed by atoms with Gasteiger partial charge in [0.2, 0.25) is 5.91 Å². The number of carbonyl (C=O) groups is 2. The summed E-state index contributed by atoms with van der Waals surface area (Å²) in [6.45, 7) is 2.04. The Labute approximate surface area is 105 Å². The van der Waals surface area contributed by atoms with Gasteiger partial charge in [0, 0.05) is 6.42 Å². The fraction of sp³-hybridized carbons (Fsp3) is 0.385. The number of carbonyl (C=O) groups excluding carboxylic acids is 1. The smallest absolute Gasteiger partial charge is 0.337 e. The van der Waals surface area contributed by atoms with Crippen molar-refractivity contribution >= 4 is 17.6 Å². The van der Waals surface area contributed by atoms with Gasteiger partial charge in [-0.25, -0.2) is 4.79 Å². The Hall–Kier alpha value is -2.04. The molecule has 1 amide bonds. The first-order valence-electron chi connectivity index (χ1n) is 5.90. The van der Waals surface area contributed by atoms with E-state index in [0.717, 1.165) is 25.3 Å². The lowest BCUT2D eigenvalue weighted by atomic mass is 10.1. The highest BCUT2D eigenvalue weighted by molar-refractivity contribution is 6.00. The minimum absolute atomic E-state index is 0.112. The Kier molecular flexibility index (Phi) is 5.17. The van der Waals surface area contributed by atoms with Crippen molar-refractivity contribution in [1.82, 2.24) is 0 Å². The lowest BCUT2D eigenvalue weighted by molar-refractivity contribution is -0.116. The number of anilines is 1. The van der Waals surface area contributed by atoms with E-state index < -0.39 is 5.97 Å². The molecule has 18 heavy (non-hydrogen) atoms. The Balaban J connectivity index is 2.72. The van der Waals surface area contributed by atoms with Gasteiger partial charge in [-0.15, -0.1) is 0 Å². The predicted octanol–water partition coefficient (Wildman–Crippen LogP) is 2.61. The van der Waals surface area contributed by atoms with Crippen LogP contribution < -0.4 is 5.32 Å². The molecule has 0 spiro atoms. The Bertz CT molecular complexity index is 443. The van der Waals surface area contributed by atoms with Crippen LogP contribution in [-0.4, -0.2) is 22.1 Å². The number of benzene rings is 1. The van der Waals surface area contributed by atoms with Gasteiger partial charge < -0.3 is 15.5 Å². The van der Waals surface area contributed by atoms with Gasteiger partial charge >= 0.3 is 5.97 Å². The van der Waals surface area contributed by atoms with Crippen molar-refractivity contribution in [1.29, 1.82) is 0 Å². The summed E-state index contributed by atoms with van der Waals surface area (Å²) in [4.78, 5) is 22.5. The number of unbranched alkanes of at least 4 members (excludes halogenated alkanes) is 2. The van der Waals surface area contributed by atoms with Crippen molar-refractivity contribution in [3.63, 3.8) is 0 Å². The van der Waals surface area contributed by atoms with Crippen LogP contribution in [0.15, 0.2) is 18.2 Å². The monoisotopic (exact) mass is 251 g/mol. The van der Waals surface area contributed by atoms with E-state index in [2.05, 4.69) is 5.32 Å². The van der Waals surface area contributed by atoms with Crippen molar-refractivity contribution in [2.75, 3.05) is 5.32 Å². The highest BCUT2D eigenvalue weighted by Crippen LogP contribution is 2.21. The van der Waals surface area contributed by atoms with E-state index in [1.807, 2.05) is 6.92 Å². The molecule has 0 bridgehead atoms. The number of phenolic OH excluding ortho intramolecular Hbond substituents is 1. The molecule has 5 nitrogen and oxygen atoms in total. The second-order valence-electron chi connectivity index (χ2n) is 4.04. The molecule has 0 fully saturated rings. The number of phenols is 1. The molecule has 0 atom stereocenters. The lowest BCUT2D eigenvalue weighted by Gasteiger charge is -2.08. The van der Waals surface area contributed by atoms with Crippen molar-refractivity contribution < 1.29 is 19.8 Å². The SMILES string of the molecule is CCCCCC(=O)Nc1ccc(O)cc1C(=O)O. The molecule has 98 valence electrons. The van der Waals surface area contributed by atoms with E-state index >= 15 is 0 Å². The van der Waals surface area contributed by atoms with Crippen LogP contribution in [0, 0.1) is 0 Å². The number of hydrogen-bond acceptors (Lipinski definition) is 3. The average molecular weight is 251 g/mol. The van der Waals surface area contributed by atoms with E-state index in [1.165, 1.54) is 12.1 Å². The highest BCUT2D eigenvalue weighted by Gasteiger charge is 2.13. The number of aromatic carboxylic acids is 1. The molecular weight excluding hydrogens is 234 g/mol. The maximum absolute atomic E-state index is 11.6. The molecule has 0 saturated carbocycles. The molecule has 0 saturated heterocycles. The zero-order valence-corrected chi connectivity index (χ0v) is 10.3. The van der Waals surface area contributed by atoms with Crippen LogP contribution in [0.25, 0.3) is 0 Å². The second kappa shape index (κ2) is 6.64. The fourth-order valence-electron chi connectivity index (χ4n) is 1.57. The molecule has 3 N–H and O–H groups in total. The largest absolute Gasteiger partial charge is 0.508 e. The first kappa shape index (κ1) is 14.0. The van der Waals surface area contributed by atoms with Crippen molar-refractivity contribution in [3.8, 4) is 5.75 Å². The normalized spacial score (nSPS) is 10.1. The molecule has 0 aromatic heterocycles. The number of aromatic hydroxyl groups is 1. The summed E-state index contributed by atoms with van der Waals surface area (Å²) in [5.41, 5.74) is 0.0978. The fourth-order valence-corrected chi connectivity index (χ4v) is 1.57. The molecule has 0 aliphatic rings. The summed E-state index contributed by atoms with van der Waals surface area (Å²) in [7, 11) is 0. The van der Waals surface area contributed by atoms with Crippen molar-refractivity contribution in [2.24, 2.45) is 0 Å². The maximum Gasteiger partial charge on any atom is 0.337 e. The lowest BCUT2D eigenvalue weighted by Crippen LogP contribution is -2.14. The van der Waals surface area contributed by atoms with Gasteiger partial charge in [-0.05, 0) is 24.6 Å². The molecule has 0 aliphatic carbocycles. The third-order valence-corrected chi connectivity index (χ3v) is 2.52. The molecule has 1 rings (SSSR count). The zero-order valence-electron chi connectivity index (χ0n) is 10.3. The Morgan fingerprint density at radius 3 is 2.61 bits per heavy atom. The van der Waals surface area contributed by atoms with Crippen molar-refractivity contribution in [2.45, 2.75) is 32.6 Å². The predicted molar refractivity (Wildman–Crippen MR) is 67.8 cm³/mol. The molecule has 5 heteroatoms. The second-order valence-corrected chi connectivity index (χ2v) is 4.04.